The minimum Gasteiger partial charge on any atom is -0.348 e. The average molecular weight is 258 g/mol. The minimum atomic E-state index is -0.0464. The van der Waals surface area contributed by atoms with Crippen LogP contribution in [0.25, 0.3) is 0 Å². The maximum absolute atomic E-state index is 12.6. The van der Waals surface area contributed by atoms with Gasteiger partial charge >= 0.3 is 0 Å². The summed E-state index contributed by atoms with van der Waals surface area (Å²) in [6, 6.07) is 10.9. The van der Waals surface area contributed by atoms with Gasteiger partial charge in [-0.15, -0.1) is 0 Å². The van der Waals surface area contributed by atoms with E-state index in [1.54, 1.807) is 0 Å². The van der Waals surface area contributed by atoms with Crippen molar-refractivity contribution < 1.29 is 4.79 Å². The molecule has 3 heteroatoms. The summed E-state index contributed by atoms with van der Waals surface area (Å²) in [5.74, 6) is 0.448. The van der Waals surface area contributed by atoms with Crippen molar-refractivity contribution in [2.45, 2.75) is 38.9 Å². The molecule has 3 rings (SSSR count). The van der Waals surface area contributed by atoms with Gasteiger partial charge < -0.3 is 4.90 Å². The molecule has 0 amide bonds. The van der Waals surface area contributed by atoms with Crippen molar-refractivity contribution in [1.29, 1.82) is 0 Å². The molecule has 0 saturated carbocycles. The molecule has 102 valence electrons. The van der Waals surface area contributed by atoms with E-state index in [0.717, 1.165) is 13.1 Å². The van der Waals surface area contributed by atoms with Crippen LogP contribution in [0.5, 0.6) is 0 Å². The number of nitrogens with zero attached hydrogens (tertiary/aromatic N) is 2. The predicted octanol–water partition coefficient (Wildman–Crippen LogP) is 2.52. The maximum atomic E-state index is 12.6. The van der Waals surface area contributed by atoms with E-state index in [1.165, 1.54) is 18.5 Å². The SMILES string of the molecule is CC(C)C(=O)C1N(c2ccccc2)CC2CCCN21. The summed E-state index contributed by atoms with van der Waals surface area (Å²) >= 11 is 0. The second-order valence-electron chi connectivity index (χ2n) is 5.95. The van der Waals surface area contributed by atoms with Gasteiger partial charge in [-0.2, -0.15) is 0 Å². The summed E-state index contributed by atoms with van der Waals surface area (Å²) in [5, 5.41) is 0. The van der Waals surface area contributed by atoms with Crippen LogP contribution >= 0.6 is 0 Å². The Morgan fingerprint density at radius 2 is 2.00 bits per heavy atom. The largest absolute Gasteiger partial charge is 0.348 e. The number of para-hydroxylation sites is 1. The lowest BCUT2D eigenvalue weighted by atomic mass is 10.1. The molecular weight excluding hydrogens is 236 g/mol. The summed E-state index contributed by atoms with van der Waals surface area (Å²) in [7, 11) is 0. The Morgan fingerprint density at radius 1 is 1.26 bits per heavy atom. The Balaban J connectivity index is 1.92. The lowest BCUT2D eigenvalue weighted by molar-refractivity contribution is -0.126. The van der Waals surface area contributed by atoms with Crippen LogP contribution in [0.2, 0.25) is 0 Å². The number of benzene rings is 1. The van der Waals surface area contributed by atoms with Gasteiger partial charge in [0.15, 0.2) is 5.78 Å². The first-order valence-electron chi connectivity index (χ1n) is 7.29. The van der Waals surface area contributed by atoms with Gasteiger partial charge in [0.05, 0.1) is 0 Å². The Hall–Kier alpha value is -1.35. The first kappa shape index (κ1) is 12.7. The molecule has 2 aliphatic rings. The zero-order chi connectivity index (χ0) is 13.4. The van der Waals surface area contributed by atoms with E-state index in [0.29, 0.717) is 11.8 Å². The van der Waals surface area contributed by atoms with Gasteiger partial charge in [-0.25, -0.2) is 0 Å². The molecule has 2 unspecified atom stereocenters. The van der Waals surface area contributed by atoms with Gasteiger partial charge in [-0.05, 0) is 25.0 Å². The van der Waals surface area contributed by atoms with Crippen LogP contribution in [0.15, 0.2) is 30.3 Å². The van der Waals surface area contributed by atoms with E-state index in [1.807, 2.05) is 19.9 Å². The van der Waals surface area contributed by atoms with Gasteiger partial charge in [0.1, 0.15) is 6.17 Å². The fourth-order valence-corrected chi connectivity index (χ4v) is 3.36. The van der Waals surface area contributed by atoms with Crippen LogP contribution in [-0.2, 0) is 4.79 Å². The van der Waals surface area contributed by atoms with Gasteiger partial charge in [-0.3, -0.25) is 9.69 Å². The number of rotatable bonds is 3. The minimum absolute atomic E-state index is 0.0464. The molecule has 3 nitrogen and oxygen atoms in total. The number of hydrogen-bond donors (Lipinski definition) is 0. The third-order valence-corrected chi connectivity index (χ3v) is 4.35. The summed E-state index contributed by atoms with van der Waals surface area (Å²) in [5.41, 5.74) is 1.18. The quantitative estimate of drug-likeness (QED) is 0.832. The zero-order valence-electron chi connectivity index (χ0n) is 11.7. The van der Waals surface area contributed by atoms with Crippen molar-refractivity contribution in [3.05, 3.63) is 30.3 Å². The van der Waals surface area contributed by atoms with Gasteiger partial charge in [0, 0.05) is 30.7 Å². The highest BCUT2D eigenvalue weighted by Gasteiger charge is 2.45. The standard InChI is InChI=1S/C16H22N2O/c1-12(2)15(19)16-17-10-6-9-14(17)11-18(16)13-7-4-3-5-8-13/h3-5,7-8,12,14,16H,6,9-11H2,1-2H3. The summed E-state index contributed by atoms with van der Waals surface area (Å²) in [4.78, 5) is 17.3. The molecule has 0 spiro atoms. The molecule has 2 aliphatic heterocycles. The van der Waals surface area contributed by atoms with Gasteiger partial charge in [0.25, 0.3) is 0 Å². The van der Waals surface area contributed by atoms with Crippen molar-refractivity contribution in [1.82, 2.24) is 4.90 Å². The first-order valence-corrected chi connectivity index (χ1v) is 7.29. The topological polar surface area (TPSA) is 23.6 Å². The molecule has 2 fully saturated rings. The molecule has 2 heterocycles. The molecule has 0 aliphatic carbocycles. The van der Waals surface area contributed by atoms with Gasteiger partial charge in [0.2, 0.25) is 0 Å². The predicted molar refractivity (Wildman–Crippen MR) is 77.1 cm³/mol. The number of carbonyl (C=O) groups excluding carboxylic acids is 1. The Labute approximate surface area is 115 Å². The molecular formula is C16H22N2O. The molecule has 2 saturated heterocycles. The maximum Gasteiger partial charge on any atom is 0.172 e. The lowest BCUT2D eigenvalue weighted by Crippen LogP contribution is -2.47. The van der Waals surface area contributed by atoms with E-state index < -0.39 is 0 Å². The number of hydrogen-bond acceptors (Lipinski definition) is 3. The molecule has 1 aromatic rings. The molecule has 0 aromatic heterocycles. The van der Waals surface area contributed by atoms with E-state index in [2.05, 4.69) is 34.1 Å². The highest BCUT2D eigenvalue weighted by molar-refractivity contribution is 5.89. The fraction of sp³-hybridized carbons (Fsp3) is 0.562. The van der Waals surface area contributed by atoms with Crippen molar-refractivity contribution in [3.8, 4) is 0 Å². The number of ketones is 1. The van der Waals surface area contributed by atoms with Crippen LogP contribution < -0.4 is 4.90 Å². The van der Waals surface area contributed by atoms with Gasteiger partial charge in [-0.1, -0.05) is 32.0 Å². The first-order chi connectivity index (χ1) is 9.18. The van der Waals surface area contributed by atoms with Crippen LogP contribution in [0.3, 0.4) is 0 Å². The molecule has 0 radical (unpaired) electrons. The van der Waals surface area contributed by atoms with Crippen molar-refractivity contribution in [3.63, 3.8) is 0 Å². The van der Waals surface area contributed by atoms with Crippen LogP contribution in [-0.4, -0.2) is 36.0 Å². The second-order valence-corrected chi connectivity index (χ2v) is 5.95. The summed E-state index contributed by atoms with van der Waals surface area (Å²) in [6.07, 6.45) is 2.41. The lowest BCUT2D eigenvalue weighted by Gasteiger charge is -2.30. The van der Waals surface area contributed by atoms with Crippen molar-refractivity contribution in [2.75, 3.05) is 18.0 Å². The Kier molecular flexibility index (Phi) is 3.31. The fourth-order valence-electron chi connectivity index (χ4n) is 3.36. The van der Waals surface area contributed by atoms with Crippen LogP contribution in [0.1, 0.15) is 26.7 Å². The second kappa shape index (κ2) is 4.97. The summed E-state index contributed by atoms with van der Waals surface area (Å²) < 4.78 is 0. The Morgan fingerprint density at radius 3 is 2.68 bits per heavy atom. The van der Waals surface area contributed by atoms with E-state index in [9.17, 15) is 4.79 Å². The van der Waals surface area contributed by atoms with Crippen molar-refractivity contribution >= 4 is 11.5 Å². The summed E-state index contributed by atoms with van der Waals surface area (Å²) in [6.45, 7) is 6.08. The van der Waals surface area contributed by atoms with E-state index >= 15 is 0 Å². The zero-order valence-corrected chi connectivity index (χ0v) is 11.7. The molecule has 19 heavy (non-hydrogen) atoms. The third-order valence-electron chi connectivity index (χ3n) is 4.35. The van der Waals surface area contributed by atoms with E-state index in [4.69, 9.17) is 0 Å². The highest BCUT2D eigenvalue weighted by Crippen LogP contribution is 2.34. The normalized spacial score (nSPS) is 27.0. The monoisotopic (exact) mass is 258 g/mol. The number of fused-ring (bicyclic) bond motifs is 1. The number of anilines is 1. The average Bonchev–Trinajstić information content (AvgIpc) is 2.98. The van der Waals surface area contributed by atoms with Crippen molar-refractivity contribution in [2.24, 2.45) is 5.92 Å². The van der Waals surface area contributed by atoms with E-state index in [-0.39, 0.29) is 12.1 Å². The molecule has 1 aromatic carbocycles. The Bertz CT molecular complexity index is 457. The van der Waals surface area contributed by atoms with Crippen LogP contribution in [0.4, 0.5) is 5.69 Å². The smallest absolute Gasteiger partial charge is 0.172 e. The number of carbonyl (C=O) groups is 1. The molecule has 0 bridgehead atoms. The number of Topliss-reactive ketones (excluding diaryl/α,β-unsaturated/α-hetero) is 1. The third kappa shape index (κ3) is 2.16. The highest BCUT2D eigenvalue weighted by atomic mass is 16.1. The molecule has 2 atom stereocenters. The van der Waals surface area contributed by atoms with Crippen LogP contribution in [0, 0.1) is 5.92 Å². The molecule has 0 N–H and O–H groups in total.